The van der Waals surface area contributed by atoms with Crippen LogP contribution >= 0.6 is 0 Å². The molecule has 1 amide bonds. The second-order valence-electron chi connectivity index (χ2n) is 3.41. The Bertz CT molecular complexity index is 376. The summed E-state index contributed by atoms with van der Waals surface area (Å²) in [5.74, 6) is 0.428. The minimum atomic E-state index is -0.751. The maximum atomic E-state index is 10.4. The van der Waals surface area contributed by atoms with Crippen LogP contribution < -0.4 is 5.73 Å². The molecule has 0 spiro atoms. The fourth-order valence-corrected chi connectivity index (χ4v) is 1.72. The van der Waals surface area contributed by atoms with Gasteiger partial charge in [0, 0.05) is 5.92 Å². The Kier molecular flexibility index (Phi) is 2.04. The summed E-state index contributed by atoms with van der Waals surface area (Å²) in [6, 6.07) is 5.24. The van der Waals surface area contributed by atoms with Crippen molar-refractivity contribution in [3.63, 3.8) is 0 Å². The molecule has 0 aromatic heterocycles. The van der Waals surface area contributed by atoms with E-state index in [1.165, 1.54) is 5.56 Å². The summed E-state index contributed by atoms with van der Waals surface area (Å²) in [5.41, 5.74) is 7.10. The smallest absolute Gasteiger partial charge is 0.404 e. The first-order chi connectivity index (χ1) is 6.66. The topological polar surface area (TPSA) is 72.6 Å². The highest BCUT2D eigenvalue weighted by Gasteiger charge is 2.27. The largest absolute Gasteiger partial charge is 0.508 e. The first kappa shape index (κ1) is 8.87. The van der Waals surface area contributed by atoms with E-state index in [9.17, 15) is 9.90 Å². The normalized spacial score (nSPS) is 18.1. The molecule has 1 atom stereocenters. The van der Waals surface area contributed by atoms with Crippen molar-refractivity contribution in [2.75, 3.05) is 6.61 Å². The van der Waals surface area contributed by atoms with Gasteiger partial charge < -0.3 is 15.6 Å². The lowest BCUT2D eigenvalue weighted by Crippen LogP contribution is -2.25. The predicted octanol–water partition coefficient (Wildman–Crippen LogP) is 1.13. The van der Waals surface area contributed by atoms with Gasteiger partial charge in [0.2, 0.25) is 0 Å². The number of aromatic hydroxyl groups is 1. The van der Waals surface area contributed by atoms with Crippen LogP contribution in [0.15, 0.2) is 18.2 Å². The minimum absolute atomic E-state index is 0.185. The Morgan fingerprint density at radius 3 is 3.14 bits per heavy atom. The number of fused-ring (bicyclic) bond motifs is 1. The van der Waals surface area contributed by atoms with E-state index in [4.69, 9.17) is 10.5 Å². The van der Waals surface area contributed by atoms with Crippen LogP contribution in [-0.2, 0) is 11.2 Å². The van der Waals surface area contributed by atoms with E-state index in [-0.39, 0.29) is 11.7 Å². The van der Waals surface area contributed by atoms with Gasteiger partial charge in [-0.05, 0) is 29.7 Å². The third kappa shape index (κ3) is 1.51. The van der Waals surface area contributed by atoms with Crippen LogP contribution in [0.2, 0.25) is 0 Å². The molecule has 4 heteroatoms. The van der Waals surface area contributed by atoms with E-state index in [1.807, 2.05) is 6.07 Å². The van der Waals surface area contributed by atoms with Crippen molar-refractivity contribution in [2.24, 2.45) is 5.73 Å². The van der Waals surface area contributed by atoms with Gasteiger partial charge in [0.15, 0.2) is 0 Å². The second kappa shape index (κ2) is 3.21. The lowest BCUT2D eigenvalue weighted by Gasteiger charge is -2.29. The Hall–Kier alpha value is -1.71. The van der Waals surface area contributed by atoms with Gasteiger partial charge in [0.1, 0.15) is 12.4 Å². The Labute approximate surface area is 81.3 Å². The number of phenols is 1. The van der Waals surface area contributed by atoms with Gasteiger partial charge in [-0.2, -0.15) is 0 Å². The molecule has 1 aliphatic carbocycles. The quantitative estimate of drug-likeness (QED) is 0.739. The molecule has 0 aliphatic heterocycles. The zero-order valence-electron chi connectivity index (χ0n) is 7.56. The van der Waals surface area contributed by atoms with Crippen molar-refractivity contribution in [1.82, 2.24) is 0 Å². The summed E-state index contributed by atoms with van der Waals surface area (Å²) in [5, 5.41) is 9.23. The number of nitrogens with two attached hydrogens (primary N) is 1. The minimum Gasteiger partial charge on any atom is -0.508 e. The number of ether oxygens (including phenoxy) is 1. The predicted molar refractivity (Wildman–Crippen MR) is 50.1 cm³/mol. The Balaban J connectivity index is 2.04. The summed E-state index contributed by atoms with van der Waals surface area (Å²) in [6.45, 7) is 0.297. The number of rotatable bonds is 2. The standard InChI is InChI=1S/C10H11NO3/c11-10(13)14-5-7-3-6-1-2-8(12)4-9(6)7/h1-2,4,7,12H,3,5H2,(H2,11,13). The molecule has 0 saturated heterocycles. The zero-order valence-corrected chi connectivity index (χ0v) is 7.56. The maximum absolute atomic E-state index is 10.4. The van der Waals surface area contributed by atoms with Crippen LogP contribution in [0.25, 0.3) is 0 Å². The van der Waals surface area contributed by atoms with Crippen LogP contribution in [0.5, 0.6) is 5.75 Å². The maximum Gasteiger partial charge on any atom is 0.404 e. The number of benzene rings is 1. The summed E-state index contributed by atoms with van der Waals surface area (Å²) >= 11 is 0. The lowest BCUT2D eigenvalue weighted by atomic mass is 9.78. The molecule has 0 heterocycles. The molecule has 2 rings (SSSR count). The highest BCUT2D eigenvalue weighted by molar-refractivity contribution is 5.64. The van der Waals surface area contributed by atoms with Crippen LogP contribution in [0.3, 0.4) is 0 Å². The van der Waals surface area contributed by atoms with Crippen molar-refractivity contribution in [3.8, 4) is 5.75 Å². The Morgan fingerprint density at radius 2 is 2.43 bits per heavy atom. The summed E-state index contributed by atoms with van der Waals surface area (Å²) in [7, 11) is 0. The molecule has 1 aromatic rings. The average Bonchev–Trinajstić information content (AvgIpc) is 2.10. The number of carbonyl (C=O) groups is 1. The monoisotopic (exact) mass is 193 g/mol. The van der Waals surface area contributed by atoms with Crippen molar-refractivity contribution in [3.05, 3.63) is 29.3 Å². The van der Waals surface area contributed by atoms with E-state index in [0.29, 0.717) is 6.61 Å². The second-order valence-corrected chi connectivity index (χ2v) is 3.41. The Morgan fingerprint density at radius 1 is 1.64 bits per heavy atom. The molecule has 0 fully saturated rings. The van der Waals surface area contributed by atoms with Crippen molar-refractivity contribution in [2.45, 2.75) is 12.3 Å². The molecule has 1 unspecified atom stereocenters. The van der Waals surface area contributed by atoms with Crippen LogP contribution in [-0.4, -0.2) is 17.8 Å². The van der Waals surface area contributed by atoms with Crippen LogP contribution in [0.4, 0.5) is 4.79 Å². The first-order valence-electron chi connectivity index (χ1n) is 4.41. The molecule has 1 aliphatic rings. The molecule has 4 nitrogen and oxygen atoms in total. The van der Waals surface area contributed by atoms with Crippen LogP contribution in [0.1, 0.15) is 17.0 Å². The van der Waals surface area contributed by atoms with Crippen LogP contribution in [0, 0.1) is 0 Å². The number of primary amides is 1. The van der Waals surface area contributed by atoms with Gasteiger partial charge in [-0.1, -0.05) is 6.07 Å². The van der Waals surface area contributed by atoms with Crippen molar-refractivity contribution >= 4 is 6.09 Å². The fraction of sp³-hybridized carbons (Fsp3) is 0.300. The molecule has 14 heavy (non-hydrogen) atoms. The summed E-state index contributed by atoms with van der Waals surface area (Å²) in [4.78, 5) is 10.4. The number of amides is 1. The third-order valence-corrected chi connectivity index (χ3v) is 2.46. The third-order valence-electron chi connectivity index (χ3n) is 2.46. The average molecular weight is 193 g/mol. The highest BCUT2D eigenvalue weighted by Crippen LogP contribution is 2.37. The molecule has 0 bridgehead atoms. The zero-order chi connectivity index (χ0) is 10.1. The molecule has 0 radical (unpaired) electrons. The number of phenolic OH excluding ortho intramolecular Hbond substituents is 1. The molecule has 3 N–H and O–H groups in total. The van der Waals surface area contributed by atoms with E-state index in [0.717, 1.165) is 12.0 Å². The number of carbonyl (C=O) groups excluding carboxylic acids is 1. The summed E-state index contributed by atoms with van der Waals surface area (Å²) in [6.07, 6.45) is 0.127. The number of hydrogen-bond acceptors (Lipinski definition) is 3. The first-order valence-corrected chi connectivity index (χ1v) is 4.41. The van der Waals surface area contributed by atoms with E-state index in [1.54, 1.807) is 12.1 Å². The van der Waals surface area contributed by atoms with Gasteiger partial charge >= 0.3 is 6.09 Å². The SMILES string of the molecule is NC(=O)OCC1Cc2ccc(O)cc21. The van der Waals surface area contributed by atoms with Gasteiger partial charge in [-0.3, -0.25) is 0 Å². The summed E-state index contributed by atoms with van der Waals surface area (Å²) < 4.78 is 4.70. The molecule has 1 aromatic carbocycles. The van der Waals surface area contributed by atoms with Gasteiger partial charge in [0.25, 0.3) is 0 Å². The van der Waals surface area contributed by atoms with Gasteiger partial charge in [-0.15, -0.1) is 0 Å². The molecular weight excluding hydrogens is 182 g/mol. The number of hydrogen-bond donors (Lipinski definition) is 2. The van der Waals surface area contributed by atoms with Crippen molar-refractivity contribution in [1.29, 1.82) is 0 Å². The van der Waals surface area contributed by atoms with E-state index >= 15 is 0 Å². The fourth-order valence-electron chi connectivity index (χ4n) is 1.72. The lowest BCUT2D eigenvalue weighted by molar-refractivity contribution is 0.145. The van der Waals surface area contributed by atoms with E-state index < -0.39 is 6.09 Å². The molecular formula is C10H11NO3. The molecule has 0 saturated carbocycles. The molecule has 74 valence electrons. The van der Waals surface area contributed by atoms with Gasteiger partial charge in [0.05, 0.1) is 0 Å². The highest BCUT2D eigenvalue weighted by atomic mass is 16.5. The van der Waals surface area contributed by atoms with Gasteiger partial charge in [-0.25, -0.2) is 4.79 Å². The van der Waals surface area contributed by atoms with E-state index in [2.05, 4.69) is 0 Å². The van der Waals surface area contributed by atoms with Crippen molar-refractivity contribution < 1.29 is 14.6 Å².